The van der Waals surface area contributed by atoms with Gasteiger partial charge in [-0.15, -0.1) is 23.1 Å². The number of carbonyl (C=O) groups excluding carboxylic acids is 1. The first-order chi connectivity index (χ1) is 11.6. The Balaban J connectivity index is 2.00. The minimum absolute atomic E-state index is 0.0246. The fraction of sp³-hybridized carbons (Fsp3) is 0.294. The summed E-state index contributed by atoms with van der Waals surface area (Å²) in [6, 6.07) is 9.96. The molecule has 0 bridgehead atoms. The molecule has 0 spiro atoms. The van der Waals surface area contributed by atoms with E-state index >= 15 is 0 Å². The van der Waals surface area contributed by atoms with Gasteiger partial charge in [0.15, 0.2) is 5.13 Å². The highest BCUT2D eigenvalue weighted by molar-refractivity contribution is 7.98. The first-order valence-corrected chi connectivity index (χ1v) is 10.5. The molecule has 1 aromatic carbocycles. The van der Waals surface area contributed by atoms with Gasteiger partial charge < -0.3 is 4.90 Å². The molecule has 4 nitrogen and oxygen atoms in total. The van der Waals surface area contributed by atoms with E-state index in [0.717, 1.165) is 31.7 Å². The molecule has 126 valence electrons. The van der Waals surface area contributed by atoms with Gasteiger partial charge in [0.1, 0.15) is 0 Å². The van der Waals surface area contributed by atoms with Crippen molar-refractivity contribution < 1.29 is 4.79 Å². The molecular weight excluding hydrogens is 358 g/mol. The molecule has 0 aliphatic carbocycles. The van der Waals surface area contributed by atoms with Crippen LogP contribution < -0.4 is 4.90 Å². The second-order valence-electron chi connectivity index (χ2n) is 5.54. The standard InChI is InChI=1S/C17H19N3OS3/c1-19(2)9-10-20(16(21)14-8-5-11-23-14)17-18-15-12(22-3)6-4-7-13(15)24-17/h4-8,11H,9-10H2,1-3H3. The van der Waals surface area contributed by atoms with Gasteiger partial charge >= 0.3 is 0 Å². The van der Waals surface area contributed by atoms with Crippen molar-refractivity contribution in [1.29, 1.82) is 0 Å². The number of fused-ring (bicyclic) bond motifs is 1. The summed E-state index contributed by atoms with van der Waals surface area (Å²) in [6.07, 6.45) is 2.05. The molecule has 0 saturated heterocycles. The van der Waals surface area contributed by atoms with Crippen LogP contribution in [0.5, 0.6) is 0 Å². The van der Waals surface area contributed by atoms with E-state index in [0.29, 0.717) is 6.54 Å². The molecule has 2 aromatic heterocycles. The number of rotatable bonds is 6. The minimum Gasteiger partial charge on any atom is -0.308 e. The molecule has 3 rings (SSSR count). The quantitative estimate of drug-likeness (QED) is 0.601. The van der Waals surface area contributed by atoms with Gasteiger partial charge in [-0.1, -0.05) is 23.5 Å². The number of nitrogens with zero attached hydrogens (tertiary/aromatic N) is 3. The van der Waals surface area contributed by atoms with Gasteiger partial charge in [0.2, 0.25) is 0 Å². The van der Waals surface area contributed by atoms with Crippen LogP contribution in [-0.2, 0) is 0 Å². The maximum absolute atomic E-state index is 12.9. The Hall–Kier alpha value is -1.41. The Kier molecular flexibility index (Phi) is 5.55. The van der Waals surface area contributed by atoms with Crippen LogP contribution in [0.25, 0.3) is 10.2 Å². The number of thiophene rings is 1. The summed E-state index contributed by atoms with van der Waals surface area (Å²) < 4.78 is 1.12. The normalized spacial score (nSPS) is 11.3. The summed E-state index contributed by atoms with van der Waals surface area (Å²) in [5.41, 5.74) is 0.985. The molecular formula is C17H19N3OS3. The van der Waals surface area contributed by atoms with E-state index in [4.69, 9.17) is 4.98 Å². The van der Waals surface area contributed by atoms with Crippen molar-refractivity contribution in [2.24, 2.45) is 0 Å². The molecule has 7 heteroatoms. The lowest BCUT2D eigenvalue weighted by Crippen LogP contribution is -2.36. The fourth-order valence-corrected chi connectivity index (χ4v) is 4.63. The Morgan fingerprint density at radius 2 is 2.04 bits per heavy atom. The van der Waals surface area contributed by atoms with Crippen molar-refractivity contribution in [2.45, 2.75) is 4.90 Å². The van der Waals surface area contributed by atoms with Gasteiger partial charge in [-0.05, 0) is 43.9 Å². The van der Waals surface area contributed by atoms with Crippen LogP contribution in [0, 0.1) is 0 Å². The number of thioether (sulfide) groups is 1. The largest absolute Gasteiger partial charge is 0.308 e. The predicted molar refractivity (Wildman–Crippen MR) is 106 cm³/mol. The van der Waals surface area contributed by atoms with Gasteiger partial charge in [0, 0.05) is 18.0 Å². The van der Waals surface area contributed by atoms with Crippen LogP contribution in [0.1, 0.15) is 9.67 Å². The van der Waals surface area contributed by atoms with Crippen molar-refractivity contribution in [3.05, 3.63) is 40.6 Å². The first-order valence-electron chi connectivity index (χ1n) is 7.54. The topological polar surface area (TPSA) is 36.4 Å². The Labute approximate surface area is 154 Å². The summed E-state index contributed by atoms with van der Waals surface area (Å²) >= 11 is 4.73. The van der Waals surface area contributed by atoms with Crippen molar-refractivity contribution in [3.8, 4) is 0 Å². The van der Waals surface area contributed by atoms with E-state index in [1.54, 1.807) is 28.0 Å². The SMILES string of the molecule is CSc1cccc2sc(N(CCN(C)C)C(=O)c3cccs3)nc12. The first kappa shape index (κ1) is 17.4. The van der Waals surface area contributed by atoms with Gasteiger partial charge in [-0.3, -0.25) is 9.69 Å². The van der Waals surface area contributed by atoms with E-state index in [-0.39, 0.29) is 5.91 Å². The summed E-state index contributed by atoms with van der Waals surface area (Å²) in [5, 5.41) is 2.70. The van der Waals surface area contributed by atoms with E-state index in [1.165, 1.54) is 11.3 Å². The van der Waals surface area contributed by atoms with E-state index in [2.05, 4.69) is 23.3 Å². The number of benzene rings is 1. The molecule has 0 unspecified atom stereocenters. The van der Waals surface area contributed by atoms with E-state index < -0.39 is 0 Å². The maximum Gasteiger partial charge on any atom is 0.270 e. The average Bonchev–Trinajstić information content (AvgIpc) is 3.23. The zero-order chi connectivity index (χ0) is 17.1. The number of amides is 1. The highest BCUT2D eigenvalue weighted by atomic mass is 32.2. The number of carbonyl (C=O) groups is 1. The maximum atomic E-state index is 12.9. The van der Waals surface area contributed by atoms with Crippen LogP contribution >= 0.6 is 34.4 Å². The van der Waals surface area contributed by atoms with Crippen LogP contribution in [0.2, 0.25) is 0 Å². The average molecular weight is 378 g/mol. The number of aromatic nitrogens is 1. The molecule has 0 atom stereocenters. The van der Waals surface area contributed by atoms with Crippen LogP contribution in [0.3, 0.4) is 0 Å². The van der Waals surface area contributed by atoms with Gasteiger partial charge in [0.25, 0.3) is 5.91 Å². The lowest BCUT2D eigenvalue weighted by molar-refractivity contribution is 0.0989. The van der Waals surface area contributed by atoms with Crippen molar-refractivity contribution in [2.75, 3.05) is 38.3 Å². The zero-order valence-corrected chi connectivity index (χ0v) is 16.3. The summed E-state index contributed by atoms with van der Waals surface area (Å²) in [6.45, 7) is 1.42. The lowest BCUT2D eigenvalue weighted by atomic mass is 10.3. The van der Waals surface area contributed by atoms with Crippen molar-refractivity contribution in [3.63, 3.8) is 0 Å². The van der Waals surface area contributed by atoms with E-state index in [1.807, 2.05) is 37.7 Å². The zero-order valence-electron chi connectivity index (χ0n) is 13.9. The third kappa shape index (κ3) is 3.64. The monoisotopic (exact) mass is 377 g/mol. The molecule has 0 saturated carbocycles. The minimum atomic E-state index is 0.0246. The molecule has 2 heterocycles. The number of anilines is 1. The molecule has 0 aliphatic rings. The smallest absolute Gasteiger partial charge is 0.270 e. The summed E-state index contributed by atoms with van der Waals surface area (Å²) in [5.74, 6) is 0.0246. The highest BCUT2D eigenvalue weighted by Gasteiger charge is 2.22. The van der Waals surface area contributed by atoms with Crippen molar-refractivity contribution in [1.82, 2.24) is 9.88 Å². The molecule has 1 amide bonds. The Morgan fingerprint density at radius 3 is 2.71 bits per heavy atom. The Bertz CT molecular complexity index is 827. The number of hydrogen-bond acceptors (Lipinski definition) is 6. The molecule has 0 fully saturated rings. The second kappa shape index (κ2) is 7.65. The summed E-state index contributed by atoms with van der Waals surface area (Å²) in [4.78, 5) is 23.5. The molecule has 0 aliphatic heterocycles. The third-order valence-corrected chi connectivity index (χ3v) is 6.24. The number of hydrogen-bond donors (Lipinski definition) is 0. The fourth-order valence-electron chi connectivity index (χ4n) is 2.31. The van der Waals surface area contributed by atoms with Crippen molar-refractivity contribution >= 4 is 55.7 Å². The molecule has 0 radical (unpaired) electrons. The van der Waals surface area contributed by atoms with Gasteiger partial charge in [0.05, 0.1) is 15.1 Å². The Morgan fingerprint density at radius 1 is 1.21 bits per heavy atom. The predicted octanol–water partition coefficient (Wildman–Crippen LogP) is 4.29. The van der Waals surface area contributed by atoms with Gasteiger partial charge in [-0.25, -0.2) is 4.98 Å². The molecule has 0 N–H and O–H groups in total. The van der Waals surface area contributed by atoms with Crippen LogP contribution in [0.4, 0.5) is 5.13 Å². The van der Waals surface area contributed by atoms with Gasteiger partial charge in [-0.2, -0.15) is 0 Å². The number of para-hydroxylation sites is 1. The number of likely N-dealkylation sites (N-methyl/N-ethyl adjacent to an activating group) is 1. The number of thiazole rings is 1. The van der Waals surface area contributed by atoms with Crippen LogP contribution in [-0.4, -0.2) is 49.2 Å². The third-order valence-electron chi connectivity index (χ3n) is 3.57. The van der Waals surface area contributed by atoms with Crippen LogP contribution in [0.15, 0.2) is 40.6 Å². The summed E-state index contributed by atoms with van der Waals surface area (Å²) in [7, 11) is 4.02. The molecule has 24 heavy (non-hydrogen) atoms. The molecule has 3 aromatic rings. The van der Waals surface area contributed by atoms with E-state index in [9.17, 15) is 4.79 Å². The highest BCUT2D eigenvalue weighted by Crippen LogP contribution is 2.34. The lowest BCUT2D eigenvalue weighted by Gasteiger charge is -2.21. The second-order valence-corrected chi connectivity index (χ2v) is 8.35.